The summed E-state index contributed by atoms with van der Waals surface area (Å²) in [6.45, 7) is 3.30. The van der Waals surface area contributed by atoms with Crippen molar-refractivity contribution in [2.45, 2.75) is 41.7 Å². The lowest BCUT2D eigenvalue weighted by Gasteiger charge is -2.48. The average molecular weight is 380 g/mol. The zero-order chi connectivity index (χ0) is 19.4. The number of benzene rings is 1. The SMILES string of the molecule is CC1(C)S[C@@H]2[C@H](NC(=O)C(N)c3ccc(O)cc3)C(=O)N2[C@@]1(N)C(=O)O. The summed E-state index contributed by atoms with van der Waals surface area (Å²) in [5.41, 5.74) is 10.6. The zero-order valence-corrected chi connectivity index (χ0v) is 15.0. The van der Waals surface area contributed by atoms with Crippen molar-refractivity contribution in [2.75, 3.05) is 0 Å². The number of thioether (sulfide) groups is 1. The Kier molecular flexibility index (Phi) is 4.17. The van der Waals surface area contributed by atoms with E-state index in [1.807, 2.05) is 0 Å². The lowest BCUT2D eigenvalue weighted by Crippen LogP contribution is -2.78. The Balaban J connectivity index is 1.75. The molecule has 0 saturated carbocycles. The molecule has 1 aromatic rings. The number of phenols is 1. The number of amides is 2. The van der Waals surface area contributed by atoms with Crippen molar-refractivity contribution in [2.24, 2.45) is 11.5 Å². The van der Waals surface area contributed by atoms with Crippen molar-refractivity contribution in [3.63, 3.8) is 0 Å². The first kappa shape index (κ1) is 18.5. The summed E-state index contributed by atoms with van der Waals surface area (Å²) in [5, 5.41) is 20.8. The second kappa shape index (κ2) is 5.86. The number of carboxylic acids is 1. The second-order valence-corrected chi connectivity index (χ2v) is 8.59. The molecule has 2 saturated heterocycles. The molecular weight excluding hydrogens is 360 g/mol. The quantitative estimate of drug-likeness (QED) is 0.429. The lowest BCUT2D eigenvalue weighted by molar-refractivity contribution is -0.171. The fourth-order valence-electron chi connectivity index (χ4n) is 3.21. The molecule has 4 atom stereocenters. The van der Waals surface area contributed by atoms with E-state index in [1.165, 1.54) is 36.0 Å². The molecule has 0 aromatic heterocycles. The van der Waals surface area contributed by atoms with Crippen LogP contribution in [0.4, 0.5) is 0 Å². The van der Waals surface area contributed by atoms with Crippen LogP contribution in [0.3, 0.4) is 0 Å². The van der Waals surface area contributed by atoms with Gasteiger partial charge in [0.25, 0.3) is 5.91 Å². The number of phenolic OH excluding ortho intramolecular Hbond substituents is 1. The summed E-state index contributed by atoms with van der Waals surface area (Å²) >= 11 is 1.23. The number of β-lactam (4-membered cyclic amide) rings is 1. The standard InChI is InChI=1S/C16H20N4O5S/c1-15(2)16(18,14(24)25)20-12(23)10(13(20)26-15)19-11(22)9(17)7-3-5-8(21)6-4-7/h3-6,9-10,13,21H,17-18H2,1-2H3,(H,19,22)(H,24,25)/t9?,10-,13-,16+/m1/s1. The largest absolute Gasteiger partial charge is 0.508 e. The fourth-order valence-corrected chi connectivity index (χ4v) is 4.88. The number of nitrogens with two attached hydrogens (primary N) is 2. The van der Waals surface area contributed by atoms with Crippen LogP contribution in [0.15, 0.2) is 24.3 Å². The molecule has 10 heteroatoms. The maximum Gasteiger partial charge on any atom is 0.346 e. The summed E-state index contributed by atoms with van der Waals surface area (Å²) in [5.74, 6) is -2.37. The molecule has 1 aromatic carbocycles. The van der Waals surface area contributed by atoms with Gasteiger partial charge in [0.2, 0.25) is 11.6 Å². The summed E-state index contributed by atoms with van der Waals surface area (Å²) in [6.07, 6.45) is 0. The molecule has 2 heterocycles. The van der Waals surface area contributed by atoms with Crippen LogP contribution in [-0.4, -0.2) is 54.7 Å². The monoisotopic (exact) mass is 380 g/mol. The average Bonchev–Trinajstić information content (AvgIpc) is 2.77. The Morgan fingerprint density at radius 1 is 1.31 bits per heavy atom. The van der Waals surface area contributed by atoms with E-state index in [9.17, 15) is 24.6 Å². The van der Waals surface area contributed by atoms with Crippen LogP contribution >= 0.6 is 11.8 Å². The molecule has 0 aliphatic carbocycles. The molecular formula is C16H20N4O5S. The van der Waals surface area contributed by atoms with Gasteiger partial charge in [-0.2, -0.15) is 0 Å². The molecule has 1 unspecified atom stereocenters. The minimum absolute atomic E-state index is 0.0451. The normalized spacial score (nSPS) is 30.3. The number of aromatic hydroxyl groups is 1. The summed E-state index contributed by atoms with van der Waals surface area (Å²) in [4.78, 5) is 37.6. The van der Waals surface area contributed by atoms with Crippen LogP contribution < -0.4 is 16.8 Å². The first-order valence-electron chi connectivity index (χ1n) is 7.89. The van der Waals surface area contributed by atoms with Crippen molar-refractivity contribution in [1.29, 1.82) is 0 Å². The molecule has 140 valence electrons. The van der Waals surface area contributed by atoms with E-state index in [0.29, 0.717) is 5.56 Å². The number of nitrogens with one attached hydrogen (secondary N) is 1. The van der Waals surface area contributed by atoms with Crippen LogP contribution in [0.25, 0.3) is 0 Å². The predicted molar refractivity (Wildman–Crippen MR) is 93.8 cm³/mol. The highest BCUT2D eigenvalue weighted by Gasteiger charge is 2.71. The first-order valence-corrected chi connectivity index (χ1v) is 8.77. The minimum atomic E-state index is -1.85. The molecule has 0 bridgehead atoms. The highest BCUT2D eigenvalue weighted by atomic mass is 32.2. The van der Waals surface area contributed by atoms with E-state index < -0.39 is 45.7 Å². The van der Waals surface area contributed by atoms with Crippen molar-refractivity contribution in [3.05, 3.63) is 29.8 Å². The third-order valence-corrected chi connectivity index (χ3v) is 6.54. The molecule has 26 heavy (non-hydrogen) atoms. The van der Waals surface area contributed by atoms with E-state index in [1.54, 1.807) is 13.8 Å². The summed E-state index contributed by atoms with van der Waals surface area (Å²) in [6, 6.07) is 3.92. The second-order valence-electron chi connectivity index (χ2n) is 6.85. The smallest absolute Gasteiger partial charge is 0.346 e. The fraction of sp³-hybridized carbons (Fsp3) is 0.438. The number of nitrogens with zero attached hydrogens (tertiary/aromatic N) is 1. The molecule has 7 N–H and O–H groups in total. The highest BCUT2D eigenvalue weighted by molar-refractivity contribution is 8.01. The summed E-state index contributed by atoms with van der Waals surface area (Å²) in [7, 11) is 0. The van der Waals surface area contributed by atoms with Crippen LogP contribution in [-0.2, 0) is 14.4 Å². The van der Waals surface area contributed by atoms with Gasteiger partial charge in [-0.3, -0.25) is 20.2 Å². The predicted octanol–water partition coefficient (Wildman–Crippen LogP) is -0.690. The third kappa shape index (κ3) is 2.44. The Morgan fingerprint density at radius 3 is 2.42 bits per heavy atom. The van der Waals surface area contributed by atoms with Gasteiger partial charge in [0.1, 0.15) is 23.2 Å². The molecule has 0 radical (unpaired) electrons. The maximum atomic E-state index is 12.5. The van der Waals surface area contributed by atoms with Gasteiger partial charge in [0.15, 0.2) is 0 Å². The van der Waals surface area contributed by atoms with E-state index in [0.717, 1.165) is 4.90 Å². The Bertz CT molecular complexity index is 783. The van der Waals surface area contributed by atoms with E-state index in [2.05, 4.69) is 5.32 Å². The van der Waals surface area contributed by atoms with Crippen molar-refractivity contribution in [1.82, 2.24) is 10.2 Å². The molecule has 2 aliphatic heterocycles. The van der Waals surface area contributed by atoms with Crippen LogP contribution in [0.1, 0.15) is 25.5 Å². The number of fused-ring (bicyclic) bond motifs is 1. The van der Waals surface area contributed by atoms with E-state index in [-0.39, 0.29) is 5.75 Å². The number of hydrogen-bond acceptors (Lipinski definition) is 7. The Hall–Kier alpha value is -2.30. The van der Waals surface area contributed by atoms with Gasteiger partial charge < -0.3 is 21.3 Å². The van der Waals surface area contributed by atoms with Gasteiger partial charge in [0.05, 0.1) is 4.75 Å². The van der Waals surface area contributed by atoms with Gasteiger partial charge in [-0.1, -0.05) is 12.1 Å². The van der Waals surface area contributed by atoms with Crippen molar-refractivity contribution in [3.8, 4) is 5.75 Å². The molecule has 2 amide bonds. The Morgan fingerprint density at radius 2 is 1.88 bits per heavy atom. The van der Waals surface area contributed by atoms with Gasteiger partial charge in [-0.25, -0.2) is 4.79 Å². The molecule has 0 spiro atoms. The van der Waals surface area contributed by atoms with Gasteiger partial charge in [-0.15, -0.1) is 11.8 Å². The maximum absolute atomic E-state index is 12.5. The molecule has 9 nitrogen and oxygen atoms in total. The van der Waals surface area contributed by atoms with Crippen molar-refractivity contribution < 1.29 is 24.6 Å². The zero-order valence-electron chi connectivity index (χ0n) is 14.2. The van der Waals surface area contributed by atoms with Gasteiger partial charge in [0, 0.05) is 0 Å². The lowest BCUT2D eigenvalue weighted by atomic mass is 9.89. The topological polar surface area (TPSA) is 159 Å². The highest BCUT2D eigenvalue weighted by Crippen LogP contribution is 2.54. The number of rotatable bonds is 4. The molecule has 3 rings (SSSR count). The van der Waals surface area contributed by atoms with Crippen LogP contribution in [0.2, 0.25) is 0 Å². The van der Waals surface area contributed by atoms with Gasteiger partial charge >= 0.3 is 5.97 Å². The van der Waals surface area contributed by atoms with Crippen LogP contribution in [0, 0.1) is 0 Å². The van der Waals surface area contributed by atoms with E-state index >= 15 is 0 Å². The number of hydrogen-bond donors (Lipinski definition) is 5. The van der Waals surface area contributed by atoms with E-state index in [4.69, 9.17) is 11.5 Å². The van der Waals surface area contributed by atoms with Crippen LogP contribution in [0.5, 0.6) is 5.75 Å². The summed E-state index contributed by atoms with van der Waals surface area (Å²) < 4.78 is -0.933. The molecule has 2 fully saturated rings. The van der Waals surface area contributed by atoms with Crippen molar-refractivity contribution >= 4 is 29.5 Å². The number of carbonyl (C=O) groups excluding carboxylic acids is 2. The first-order chi connectivity index (χ1) is 12.0. The molecule has 2 aliphatic rings. The number of aliphatic carboxylic acids is 1. The number of carbonyl (C=O) groups is 3. The Labute approximate surface area is 153 Å². The third-order valence-electron chi connectivity index (χ3n) is 4.91. The number of carboxylic acid groups (broad SMARTS) is 1. The minimum Gasteiger partial charge on any atom is -0.508 e. The van der Waals surface area contributed by atoms with Gasteiger partial charge in [-0.05, 0) is 31.5 Å².